The van der Waals surface area contributed by atoms with Crippen LogP contribution in [0.3, 0.4) is 0 Å². The Morgan fingerprint density at radius 3 is 2.71 bits per heavy atom. The molecule has 0 unspecified atom stereocenters. The van der Waals surface area contributed by atoms with Gasteiger partial charge in [-0.15, -0.1) is 0 Å². The van der Waals surface area contributed by atoms with E-state index in [1.54, 1.807) is 50.7 Å². The van der Waals surface area contributed by atoms with Crippen LogP contribution in [0.5, 0.6) is 17.4 Å². The zero-order valence-electron chi connectivity index (χ0n) is 16.3. The molecule has 1 amide bonds. The summed E-state index contributed by atoms with van der Waals surface area (Å²) >= 11 is 0. The number of hydrogen-bond donors (Lipinski definition) is 1. The molecule has 0 atom stereocenters. The molecule has 1 aromatic carbocycles. The average molecular weight is 386 g/mol. The zero-order valence-corrected chi connectivity index (χ0v) is 16.3. The Morgan fingerprint density at radius 2 is 1.96 bits per heavy atom. The van der Waals surface area contributed by atoms with Crippen molar-refractivity contribution in [3.8, 4) is 17.4 Å². The van der Waals surface area contributed by atoms with E-state index in [0.29, 0.717) is 36.0 Å². The van der Waals surface area contributed by atoms with Gasteiger partial charge in [-0.3, -0.25) is 4.79 Å². The number of ether oxygens (including phenoxy) is 4. The number of pyridine rings is 1. The van der Waals surface area contributed by atoms with Crippen molar-refractivity contribution in [3.05, 3.63) is 42.1 Å². The molecule has 1 saturated carbocycles. The summed E-state index contributed by atoms with van der Waals surface area (Å²) in [5, 5.41) is 2.88. The molecule has 0 bridgehead atoms. The molecule has 1 aliphatic rings. The van der Waals surface area contributed by atoms with Crippen LogP contribution in [0.4, 0.5) is 5.69 Å². The Bertz CT molecular complexity index is 790. The maximum absolute atomic E-state index is 12.7. The number of carbonyl (C=O) groups is 1. The van der Waals surface area contributed by atoms with Gasteiger partial charge >= 0.3 is 0 Å². The predicted octanol–water partition coefficient (Wildman–Crippen LogP) is 3.69. The van der Waals surface area contributed by atoms with Crippen molar-refractivity contribution in [2.45, 2.75) is 31.8 Å². The first-order chi connectivity index (χ1) is 13.7. The molecule has 0 spiro atoms. The highest BCUT2D eigenvalue weighted by molar-refractivity contribution is 6.05. The standard InChI is InChI=1S/C21H26N2O5/c1-25-12-13-27-21-17(8-5-11-22-21)20(24)23-15-9-10-18(26-2)19(14-15)28-16-6-3-4-7-16/h5,8-11,14,16H,3-4,6-7,12-13H2,1-2H3,(H,23,24). The third-order valence-corrected chi connectivity index (χ3v) is 4.56. The van der Waals surface area contributed by atoms with E-state index in [2.05, 4.69) is 10.3 Å². The highest BCUT2D eigenvalue weighted by atomic mass is 16.5. The highest BCUT2D eigenvalue weighted by Gasteiger charge is 2.19. The minimum atomic E-state index is -0.308. The fourth-order valence-corrected chi connectivity index (χ4v) is 3.13. The lowest BCUT2D eigenvalue weighted by Crippen LogP contribution is -2.16. The molecular weight excluding hydrogens is 360 g/mol. The summed E-state index contributed by atoms with van der Waals surface area (Å²) < 4.78 is 22.0. The first kappa shape index (κ1) is 19.9. The third-order valence-electron chi connectivity index (χ3n) is 4.56. The fraction of sp³-hybridized carbons (Fsp3) is 0.429. The Morgan fingerprint density at radius 1 is 1.14 bits per heavy atom. The number of hydrogen-bond acceptors (Lipinski definition) is 6. The molecule has 1 aromatic heterocycles. The van der Waals surface area contributed by atoms with Crippen molar-refractivity contribution in [3.63, 3.8) is 0 Å². The second kappa shape index (κ2) is 9.94. The van der Waals surface area contributed by atoms with Gasteiger partial charge in [0.1, 0.15) is 12.2 Å². The van der Waals surface area contributed by atoms with Crippen LogP contribution in [0.2, 0.25) is 0 Å². The van der Waals surface area contributed by atoms with Gasteiger partial charge in [0.15, 0.2) is 11.5 Å². The number of nitrogens with one attached hydrogen (secondary N) is 1. The van der Waals surface area contributed by atoms with Crippen LogP contribution >= 0.6 is 0 Å². The summed E-state index contributed by atoms with van der Waals surface area (Å²) in [4.78, 5) is 16.9. The van der Waals surface area contributed by atoms with Crippen LogP contribution in [0.1, 0.15) is 36.0 Å². The van der Waals surface area contributed by atoms with Gasteiger partial charge < -0.3 is 24.3 Å². The van der Waals surface area contributed by atoms with E-state index in [0.717, 1.165) is 12.8 Å². The summed E-state index contributed by atoms with van der Waals surface area (Å²) in [5.41, 5.74) is 0.971. The number of nitrogens with zero attached hydrogens (tertiary/aromatic N) is 1. The maximum atomic E-state index is 12.7. The summed E-state index contributed by atoms with van der Waals surface area (Å²) in [6.45, 7) is 0.730. The Hall–Kier alpha value is -2.80. The van der Waals surface area contributed by atoms with Crippen molar-refractivity contribution in [2.75, 3.05) is 32.8 Å². The maximum Gasteiger partial charge on any atom is 0.261 e. The molecule has 2 aromatic rings. The lowest BCUT2D eigenvalue weighted by molar-refractivity contribution is 0.101. The summed E-state index contributed by atoms with van der Waals surface area (Å²) in [5.74, 6) is 1.25. The number of rotatable bonds is 9. The molecule has 0 saturated heterocycles. The highest BCUT2D eigenvalue weighted by Crippen LogP contribution is 2.34. The number of carbonyl (C=O) groups excluding carboxylic acids is 1. The second-order valence-corrected chi connectivity index (χ2v) is 6.54. The summed E-state index contributed by atoms with van der Waals surface area (Å²) in [6, 6.07) is 8.72. The molecule has 1 aliphatic carbocycles. The quantitative estimate of drug-likeness (QED) is 0.662. The second-order valence-electron chi connectivity index (χ2n) is 6.54. The van der Waals surface area contributed by atoms with Crippen LogP contribution < -0.4 is 19.5 Å². The van der Waals surface area contributed by atoms with Crippen LogP contribution in [0, 0.1) is 0 Å². The molecular formula is C21H26N2O5. The average Bonchev–Trinajstić information content (AvgIpc) is 3.22. The predicted molar refractivity (Wildman–Crippen MR) is 105 cm³/mol. The molecule has 1 heterocycles. The lowest BCUT2D eigenvalue weighted by Gasteiger charge is -2.17. The van der Waals surface area contributed by atoms with Crippen molar-refractivity contribution >= 4 is 11.6 Å². The van der Waals surface area contributed by atoms with Crippen molar-refractivity contribution in [1.82, 2.24) is 4.98 Å². The van der Waals surface area contributed by atoms with E-state index < -0.39 is 0 Å². The molecule has 1 N–H and O–H groups in total. The van der Waals surface area contributed by atoms with E-state index in [9.17, 15) is 4.79 Å². The smallest absolute Gasteiger partial charge is 0.261 e. The topological polar surface area (TPSA) is 78.9 Å². The van der Waals surface area contributed by atoms with Crippen molar-refractivity contribution in [1.29, 1.82) is 0 Å². The molecule has 28 heavy (non-hydrogen) atoms. The van der Waals surface area contributed by atoms with Gasteiger partial charge in [0.05, 0.1) is 19.8 Å². The molecule has 7 nitrogen and oxygen atoms in total. The van der Waals surface area contributed by atoms with Gasteiger partial charge in [0.2, 0.25) is 5.88 Å². The lowest BCUT2D eigenvalue weighted by atomic mass is 10.2. The largest absolute Gasteiger partial charge is 0.493 e. The normalized spacial score (nSPS) is 13.9. The SMILES string of the molecule is COCCOc1ncccc1C(=O)Nc1ccc(OC)c(OC2CCCC2)c1. The third kappa shape index (κ3) is 5.13. The van der Waals surface area contributed by atoms with Crippen LogP contribution in [-0.2, 0) is 4.74 Å². The molecule has 7 heteroatoms. The molecule has 0 aliphatic heterocycles. The van der Waals surface area contributed by atoms with Crippen LogP contribution in [-0.4, -0.2) is 44.4 Å². The summed E-state index contributed by atoms with van der Waals surface area (Å²) in [6.07, 6.45) is 6.21. The van der Waals surface area contributed by atoms with Gasteiger partial charge in [0.25, 0.3) is 5.91 Å². The first-order valence-electron chi connectivity index (χ1n) is 9.44. The van der Waals surface area contributed by atoms with Gasteiger partial charge in [-0.05, 0) is 49.9 Å². The number of methoxy groups -OCH3 is 2. The number of anilines is 1. The Kier molecular flexibility index (Phi) is 7.08. The first-order valence-corrected chi connectivity index (χ1v) is 9.44. The van der Waals surface area contributed by atoms with E-state index in [4.69, 9.17) is 18.9 Å². The van der Waals surface area contributed by atoms with Crippen molar-refractivity contribution < 1.29 is 23.7 Å². The van der Waals surface area contributed by atoms with E-state index >= 15 is 0 Å². The number of aromatic nitrogens is 1. The van der Waals surface area contributed by atoms with Gasteiger partial charge in [-0.1, -0.05) is 0 Å². The Labute approximate surface area is 165 Å². The zero-order chi connectivity index (χ0) is 19.8. The van der Waals surface area contributed by atoms with Crippen molar-refractivity contribution in [2.24, 2.45) is 0 Å². The fourth-order valence-electron chi connectivity index (χ4n) is 3.13. The number of amides is 1. The minimum absolute atomic E-state index is 0.193. The van der Waals surface area contributed by atoms with Gasteiger partial charge in [-0.25, -0.2) is 4.98 Å². The Balaban J connectivity index is 1.73. The molecule has 0 radical (unpaired) electrons. The number of benzene rings is 1. The molecule has 150 valence electrons. The van der Waals surface area contributed by atoms with Gasteiger partial charge in [-0.2, -0.15) is 0 Å². The van der Waals surface area contributed by atoms with Crippen LogP contribution in [0.25, 0.3) is 0 Å². The molecule has 1 fully saturated rings. The van der Waals surface area contributed by atoms with E-state index in [1.807, 2.05) is 0 Å². The van der Waals surface area contributed by atoms with Gasteiger partial charge in [0, 0.05) is 25.1 Å². The minimum Gasteiger partial charge on any atom is -0.493 e. The monoisotopic (exact) mass is 386 g/mol. The molecule has 3 rings (SSSR count). The van der Waals surface area contributed by atoms with Crippen LogP contribution in [0.15, 0.2) is 36.5 Å². The van der Waals surface area contributed by atoms with E-state index in [-0.39, 0.29) is 17.9 Å². The van der Waals surface area contributed by atoms with E-state index in [1.165, 1.54) is 12.8 Å². The summed E-state index contributed by atoms with van der Waals surface area (Å²) in [7, 11) is 3.19.